The second-order valence-electron chi connectivity index (χ2n) is 7.40. The number of carbonyl (C=O) groups excluding carboxylic acids is 1. The normalized spacial score (nSPS) is 14.3. The second-order valence-corrected chi connectivity index (χ2v) is 9.30. The van der Waals surface area contributed by atoms with Crippen LogP contribution in [0, 0.1) is 0 Å². The summed E-state index contributed by atoms with van der Waals surface area (Å²) in [5, 5.41) is 15.2. The molecule has 2 N–H and O–H groups in total. The number of carbonyl (C=O) groups is 1. The number of rotatable bonds is 6. The van der Waals surface area contributed by atoms with Crippen LogP contribution in [0.15, 0.2) is 42.5 Å². The van der Waals surface area contributed by atoms with Gasteiger partial charge in [-0.25, -0.2) is 4.79 Å². The SMILES string of the molecule is O=C(Nc1nnc(COc2ccc(C3CCCCC3)cc2)s1)Nc1ccc(Cl)cc1Cl. The lowest BCUT2D eigenvalue weighted by Gasteiger charge is -2.22. The predicted octanol–water partition coefficient (Wildman–Crippen LogP) is 7.12. The fourth-order valence-electron chi connectivity index (χ4n) is 3.62. The third-order valence-electron chi connectivity index (χ3n) is 5.19. The summed E-state index contributed by atoms with van der Waals surface area (Å²) < 4.78 is 5.82. The van der Waals surface area contributed by atoms with Crippen molar-refractivity contribution in [3.8, 4) is 5.75 Å². The van der Waals surface area contributed by atoms with Crippen LogP contribution in [0.3, 0.4) is 0 Å². The molecule has 3 aromatic rings. The lowest BCUT2D eigenvalue weighted by Crippen LogP contribution is -2.19. The summed E-state index contributed by atoms with van der Waals surface area (Å²) in [5.41, 5.74) is 1.84. The second kappa shape index (κ2) is 10.3. The maximum Gasteiger partial charge on any atom is 0.325 e. The zero-order chi connectivity index (χ0) is 21.6. The average Bonchev–Trinajstić information content (AvgIpc) is 3.22. The Hall–Kier alpha value is -2.35. The summed E-state index contributed by atoms with van der Waals surface area (Å²) in [6.45, 7) is 0.284. The van der Waals surface area contributed by atoms with Crippen LogP contribution >= 0.6 is 34.5 Å². The van der Waals surface area contributed by atoms with Gasteiger partial charge in [0.15, 0.2) is 5.01 Å². The largest absolute Gasteiger partial charge is 0.486 e. The fourth-order valence-corrected chi connectivity index (χ4v) is 4.72. The van der Waals surface area contributed by atoms with Gasteiger partial charge in [-0.3, -0.25) is 5.32 Å². The van der Waals surface area contributed by atoms with Crippen LogP contribution in [0.4, 0.5) is 15.6 Å². The van der Waals surface area contributed by atoms with Gasteiger partial charge in [-0.1, -0.05) is 65.9 Å². The van der Waals surface area contributed by atoms with E-state index in [-0.39, 0.29) is 6.61 Å². The van der Waals surface area contributed by atoms with E-state index >= 15 is 0 Å². The van der Waals surface area contributed by atoms with Crippen molar-refractivity contribution in [2.24, 2.45) is 0 Å². The number of urea groups is 1. The smallest absolute Gasteiger partial charge is 0.325 e. The molecule has 0 saturated heterocycles. The van der Waals surface area contributed by atoms with Crippen molar-refractivity contribution in [1.82, 2.24) is 10.2 Å². The van der Waals surface area contributed by atoms with Gasteiger partial charge in [0.2, 0.25) is 5.13 Å². The lowest BCUT2D eigenvalue weighted by atomic mass is 9.84. The summed E-state index contributed by atoms with van der Waals surface area (Å²) in [7, 11) is 0. The maximum absolute atomic E-state index is 12.2. The highest BCUT2D eigenvalue weighted by atomic mass is 35.5. The fraction of sp³-hybridized carbons (Fsp3) is 0.318. The van der Waals surface area contributed by atoms with Crippen LogP contribution in [0.1, 0.15) is 48.6 Å². The highest BCUT2D eigenvalue weighted by molar-refractivity contribution is 7.15. The molecular formula is C22H22Cl2N4O2S. The van der Waals surface area contributed by atoms with Crippen molar-refractivity contribution in [2.75, 3.05) is 10.6 Å². The Labute approximate surface area is 194 Å². The van der Waals surface area contributed by atoms with E-state index in [9.17, 15) is 4.79 Å². The van der Waals surface area contributed by atoms with Crippen molar-refractivity contribution in [2.45, 2.75) is 44.6 Å². The minimum Gasteiger partial charge on any atom is -0.486 e. The lowest BCUT2D eigenvalue weighted by molar-refractivity contribution is 0.262. The molecule has 0 aliphatic heterocycles. The molecule has 2 amide bonds. The summed E-state index contributed by atoms with van der Waals surface area (Å²) >= 11 is 13.2. The molecule has 1 fully saturated rings. The first-order valence-electron chi connectivity index (χ1n) is 10.1. The molecule has 0 spiro atoms. The molecule has 2 aromatic carbocycles. The van der Waals surface area contributed by atoms with Crippen LogP contribution in [0.25, 0.3) is 0 Å². The molecule has 0 radical (unpaired) electrons. The zero-order valence-corrected chi connectivity index (χ0v) is 19.1. The molecule has 31 heavy (non-hydrogen) atoms. The number of ether oxygens (including phenoxy) is 1. The Morgan fingerprint density at radius 2 is 1.81 bits per heavy atom. The highest BCUT2D eigenvalue weighted by Gasteiger charge is 2.15. The van der Waals surface area contributed by atoms with E-state index in [4.69, 9.17) is 27.9 Å². The van der Waals surface area contributed by atoms with E-state index in [1.54, 1.807) is 18.2 Å². The monoisotopic (exact) mass is 476 g/mol. The molecule has 1 aromatic heterocycles. The molecule has 9 heteroatoms. The molecule has 1 aliphatic carbocycles. The zero-order valence-electron chi connectivity index (χ0n) is 16.7. The Balaban J connectivity index is 1.27. The van der Waals surface area contributed by atoms with E-state index in [0.717, 1.165) is 5.75 Å². The third-order valence-corrected chi connectivity index (χ3v) is 6.55. The van der Waals surface area contributed by atoms with Gasteiger partial charge in [-0.2, -0.15) is 0 Å². The number of amides is 2. The van der Waals surface area contributed by atoms with Gasteiger partial charge in [0.1, 0.15) is 12.4 Å². The quantitative estimate of drug-likeness (QED) is 0.397. The molecular weight excluding hydrogens is 455 g/mol. The van der Waals surface area contributed by atoms with Crippen molar-refractivity contribution >= 4 is 51.4 Å². The molecule has 4 rings (SSSR count). The molecule has 0 bridgehead atoms. The molecule has 6 nitrogen and oxygen atoms in total. The van der Waals surface area contributed by atoms with Gasteiger partial charge in [0, 0.05) is 5.02 Å². The average molecular weight is 477 g/mol. The Morgan fingerprint density at radius 3 is 2.55 bits per heavy atom. The van der Waals surface area contributed by atoms with Crippen LogP contribution in [-0.4, -0.2) is 16.2 Å². The third kappa shape index (κ3) is 6.09. The van der Waals surface area contributed by atoms with Crippen LogP contribution in [-0.2, 0) is 6.61 Å². The topological polar surface area (TPSA) is 76.1 Å². The molecule has 0 unspecified atom stereocenters. The predicted molar refractivity (Wildman–Crippen MR) is 126 cm³/mol. The standard InChI is InChI=1S/C22H22Cl2N4O2S/c23-16-8-11-19(18(24)12-16)25-21(29)26-22-28-27-20(31-22)13-30-17-9-6-15(7-10-17)14-4-2-1-3-5-14/h6-12,14H,1-5,13H2,(H2,25,26,28,29). The number of benzene rings is 2. The van der Waals surface area contributed by atoms with Crippen molar-refractivity contribution in [3.05, 3.63) is 63.1 Å². The number of hydrogen-bond donors (Lipinski definition) is 2. The number of halogens is 2. The van der Waals surface area contributed by atoms with Crippen molar-refractivity contribution < 1.29 is 9.53 Å². The molecule has 162 valence electrons. The minimum atomic E-state index is -0.467. The first-order valence-corrected chi connectivity index (χ1v) is 11.7. The number of nitrogens with one attached hydrogen (secondary N) is 2. The molecule has 1 saturated carbocycles. The van der Waals surface area contributed by atoms with Gasteiger partial charge >= 0.3 is 6.03 Å². The first-order chi connectivity index (χ1) is 15.1. The number of aromatic nitrogens is 2. The van der Waals surface area contributed by atoms with E-state index in [1.807, 2.05) is 12.1 Å². The van der Waals surface area contributed by atoms with Crippen molar-refractivity contribution in [1.29, 1.82) is 0 Å². The Kier molecular flexibility index (Phi) is 7.27. The van der Waals surface area contributed by atoms with Crippen LogP contribution in [0.5, 0.6) is 5.75 Å². The highest BCUT2D eigenvalue weighted by Crippen LogP contribution is 2.33. The van der Waals surface area contributed by atoms with Gasteiger partial charge in [-0.05, 0) is 54.7 Å². The van der Waals surface area contributed by atoms with Crippen LogP contribution < -0.4 is 15.4 Å². The molecule has 1 heterocycles. The number of nitrogens with zero attached hydrogens (tertiary/aromatic N) is 2. The summed E-state index contributed by atoms with van der Waals surface area (Å²) in [5.74, 6) is 1.47. The van der Waals surface area contributed by atoms with E-state index in [2.05, 4.69) is 33.0 Å². The summed E-state index contributed by atoms with van der Waals surface area (Å²) in [4.78, 5) is 12.2. The van der Waals surface area contributed by atoms with E-state index in [0.29, 0.717) is 31.8 Å². The summed E-state index contributed by atoms with van der Waals surface area (Å²) in [6, 6.07) is 12.7. The van der Waals surface area contributed by atoms with E-state index in [1.165, 1.54) is 49.0 Å². The van der Waals surface area contributed by atoms with Crippen molar-refractivity contribution in [3.63, 3.8) is 0 Å². The molecule has 0 atom stereocenters. The Bertz CT molecular complexity index is 1040. The first kappa shape index (κ1) is 21.9. The number of anilines is 2. The van der Waals surface area contributed by atoms with Gasteiger partial charge < -0.3 is 10.1 Å². The Morgan fingerprint density at radius 1 is 1.03 bits per heavy atom. The van der Waals surface area contributed by atoms with Gasteiger partial charge in [-0.15, -0.1) is 10.2 Å². The van der Waals surface area contributed by atoms with E-state index < -0.39 is 6.03 Å². The van der Waals surface area contributed by atoms with Gasteiger partial charge in [0.05, 0.1) is 10.7 Å². The maximum atomic E-state index is 12.2. The molecule has 1 aliphatic rings. The van der Waals surface area contributed by atoms with Crippen LogP contribution in [0.2, 0.25) is 10.0 Å². The number of hydrogen-bond acceptors (Lipinski definition) is 5. The summed E-state index contributed by atoms with van der Waals surface area (Å²) in [6.07, 6.45) is 6.55. The van der Waals surface area contributed by atoms with Gasteiger partial charge in [0.25, 0.3) is 0 Å². The minimum absolute atomic E-state index is 0.284.